The van der Waals surface area contributed by atoms with Crippen LogP contribution in [0.3, 0.4) is 0 Å². The molecule has 2 heterocycles. The Hall–Kier alpha value is -2.88. The van der Waals surface area contributed by atoms with Gasteiger partial charge in [-0.05, 0) is 43.7 Å². The van der Waals surface area contributed by atoms with Crippen LogP contribution in [-0.2, 0) is 26.0 Å². The molecule has 0 spiro atoms. The Morgan fingerprint density at radius 2 is 1.94 bits per heavy atom. The van der Waals surface area contributed by atoms with Crippen molar-refractivity contribution in [2.45, 2.75) is 31.3 Å². The number of amides is 1. The van der Waals surface area contributed by atoms with Crippen LogP contribution in [0.15, 0.2) is 53.6 Å². The summed E-state index contributed by atoms with van der Waals surface area (Å²) >= 11 is 0. The number of para-hydroxylation sites is 1. The number of ether oxygens (including phenoxy) is 2. The second-order valence-corrected chi connectivity index (χ2v) is 9.86. The first-order valence-electron chi connectivity index (χ1n) is 10.6. The average Bonchev–Trinajstić information content (AvgIpc) is 3.18. The highest BCUT2D eigenvalue weighted by atomic mass is 32.2. The Balaban J connectivity index is 1.60. The Bertz CT molecular complexity index is 1210. The zero-order chi connectivity index (χ0) is 22.7. The van der Waals surface area contributed by atoms with E-state index >= 15 is 0 Å². The summed E-state index contributed by atoms with van der Waals surface area (Å²) in [4.78, 5) is 16.1. The molecule has 4 rings (SSSR count). The van der Waals surface area contributed by atoms with E-state index in [0.717, 1.165) is 16.5 Å². The van der Waals surface area contributed by atoms with Gasteiger partial charge in [0.15, 0.2) is 0 Å². The lowest BCUT2D eigenvalue weighted by Gasteiger charge is -2.26. The van der Waals surface area contributed by atoms with Gasteiger partial charge in [-0.15, -0.1) is 0 Å². The summed E-state index contributed by atoms with van der Waals surface area (Å²) in [7, 11) is -3.70. The molecule has 0 radical (unpaired) electrons. The maximum Gasteiger partial charge on any atom is 0.243 e. The fourth-order valence-corrected chi connectivity index (χ4v) is 5.14. The third kappa shape index (κ3) is 4.79. The van der Waals surface area contributed by atoms with Crippen molar-refractivity contribution in [2.24, 2.45) is 0 Å². The number of fused-ring (bicyclic) bond motifs is 1. The molecule has 1 aliphatic rings. The fraction of sp³-hybridized carbons (Fsp3) is 0.348. The number of hydrogen-bond donors (Lipinski definition) is 2. The first kappa shape index (κ1) is 22.3. The van der Waals surface area contributed by atoms with Gasteiger partial charge in [-0.25, -0.2) is 8.42 Å². The van der Waals surface area contributed by atoms with Crippen LogP contribution < -0.4 is 10.1 Å². The largest absolute Gasteiger partial charge is 0.489 e. The number of nitrogens with zero attached hydrogens (tertiary/aromatic N) is 1. The molecule has 1 saturated heterocycles. The Labute approximate surface area is 187 Å². The summed E-state index contributed by atoms with van der Waals surface area (Å²) in [6.07, 6.45) is 1.82. The van der Waals surface area contributed by atoms with E-state index < -0.39 is 10.0 Å². The van der Waals surface area contributed by atoms with Crippen molar-refractivity contribution < 1.29 is 22.7 Å². The van der Waals surface area contributed by atoms with Crippen LogP contribution >= 0.6 is 0 Å². The number of carbonyl (C=O) groups excluding carboxylic acids is 1. The van der Waals surface area contributed by atoms with Crippen molar-refractivity contribution in [3.63, 3.8) is 0 Å². The van der Waals surface area contributed by atoms with E-state index in [9.17, 15) is 13.2 Å². The zero-order valence-corrected chi connectivity index (χ0v) is 18.9. The SMILES string of the molecule is CC(C)Oc1ccc(S(=O)(=O)N2CCOCC2)cc1NC(=O)Cc1c[nH]c2ccccc12. The van der Waals surface area contributed by atoms with Crippen LogP contribution in [0.5, 0.6) is 5.75 Å². The number of benzene rings is 2. The first-order chi connectivity index (χ1) is 15.3. The summed E-state index contributed by atoms with van der Waals surface area (Å²) in [5.41, 5.74) is 2.15. The smallest absolute Gasteiger partial charge is 0.243 e. The van der Waals surface area contributed by atoms with Gasteiger partial charge in [0, 0.05) is 30.2 Å². The molecule has 170 valence electrons. The predicted octanol–water partition coefficient (Wildman–Crippen LogP) is 3.16. The van der Waals surface area contributed by atoms with Crippen molar-refractivity contribution in [1.82, 2.24) is 9.29 Å². The molecule has 3 aromatic rings. The molecule has 1 aromatic heterocycles. The fourth-order valence-electron chi connectivity index (χ4n) is 3.71. The third-order valence-corrected chi connectivity index (χ3v) is 7.12. The molecule has 8 nitrogen and oxygen atoms in total. The molecule has 0 aliphatic carbocycles. The highest BCUT2D eigenvalue weighted by molar-refractivity contribution is 7.89. The van der Waals surface area contributed by atoms with Crippen molar-refractivity contribution in [3.05, 3.63) is 54.2 Å². The molecule has 9 heteroatoms. The molecule has 0 unspecified atom stereocenters. The quantitative estimate of drug-likeness (QED) is 0.568. The van der Waals surface area contributed by atoms with E-state index in [1.807, 2.05) is 44.3 Å². The number of anilines is 1. The second kappa shape index (κ2) is 9.32. The standard InChI is InChI=1S/C23H27N3O5S/c1-16(2)31-22-8-7-18(32(28,29)26-9-11-30-12-10-26)14-21(22)25-23(27)13-17-15-24-20-6-4-3-5-19(17)20/h3-8,14-16,24H,9-13H2,1-2H3,(H,25,27). The number of hydrogen-bond acceptors (Lipinski definition) is 5. The van der Waals surface area contributed by atoms with Crippen molar-refractivity contribution in [3.8, 4) is 5.75 Å². The van der Waals surface area contributed by atoms with Gasteiger partial charge in [-0.1, -0.05) is 18.2 Å². The molecule has 0 bridgehead atoms. The minimum absolute atomic E-state index is 0.109. The number of aromatic nitrogens is 1. The van der Waals surface area contributed by atoms with Crippen LogP contribution in [0.25, 0.3) is 10.9 Å². The van der Waals surface area contributed by atoms with E-state index in [0.29, 0.717) is 37.7 Å². The number of nitrogens with one attached hydrogen (secondary N) is 2. The Morgan fingerprint density at radius 3 is 2.69 bits per heavy atom. The summed E-state index contributed by atoms with van der Waals surface area (Å²) < 4.78 is 38.6. The Kier molecular flexibility index (Phi) is 6.50. The maximum absolute atomic E-state index is 13.1. The molecule has 0 saturated carbocycles. The topological polar surface area (TPSA) is 101 Å². The Morgan fingerprint density at radius 1 is 1.19 bits per heavy atom. The number of sulfonamides is 1. The van der Waals surface area contributed by atoms with Gasteiger partial charge < -0.3 is 19.8 Å². The number of carbonyl (C=O) groups is 1. The maximum atomic E-state index is 13.1. The number of morpholine rings is 1. The highest BCUT2D eigenvalue weighted by Gasteiger charge is 2.27. The van der Waals surface area contributed by atoms with Crippen LogP contribution in [-0.4, -0.2) is 56.0 Å². The summed E-state index contributed by atoms with van der Waals surface area (Å²) in [5, 5.41) is 3.83. The molecular formula is C23H27N3O5S. The number of aromatic amines is 1. The molecule has 0 atom stereocenters. The highest BCUT2D eigenvalue weighted by Crippen LogP contribution is 2.31. The monoisotopic (exact) mass is 457 g/mol. The molecular weight excluding hydrogens is 430 g/mol. The van der Waals surface area contributed by atoms with E-state index in [2.05, 4.69) is 10.3 Å². The van der Waals surface area contributed by atoms with Crippen LogP contribution in [0.4, 0.5) is 5.69 Å². The van der Waals surface area contributed by atoms with Gasteiger partial charge in [-0.2, -0.15) is 4.31 Å². The van der Waals surface area contributed by atoms with Crippen molar-refractivity contribution >= 4 is 32.5 Å². The lowest BCUT2D eigenvalue weighted by molar-refractivity contribution is -0.115. The van der Waals surface area contributed by atoms with Crippen molar-refractivity contribution in [1.29, 1.82) is 0 Å². The van der Waals surface area contributed by atoms with E-state index in [-0.39, 0.29) is 23.3 Å². The summed E-state index contributed by atoms with van der Waals surface area (Å²) in [6.45, 7) is 5.07. The van der Waals surface area contributed by atoms with E-state index in [4.69, 9.17) is 9.47 Å². The average molecular weight is 458 g/mol. The van der Waals surface area contributed by atoms with Gasteiger partial charge in [0.2, 0.25) is 15.9 Å². The number of rotatable bonds is 7. The lowest BCUT2D eigenvalue weighted by atomic mass is 10.1. The molecule has 1 fully saturated rings. The van der Waals surface area contributed by atoms with Crippen LogP contribution in [0.1, 0.15) is 19.4 Å². The van der Waals surface area contributed by atoms with E-state index in [1.54, 1.807) is 6.07 Å². The van der Waals surface area contributed by atoms with Gasteiger partial charge in [-0.3, -0.25) is 4.79 Å². The molecule has 2 aromatic carbocycles. The van der Waals surface area contributed by atoms with Crippen molar-refractivity contribution in [2.75, 3.05) is 31.6 Å². The number of H-pyrrole nitrogens is 1. The van der Waals surface area contributed by atoms with Gasteiger partial charge in [0.25, 0.3) is 0 Å². The second-order valence-electron chi connectivity index (χ2n) is 7.93. The normalized spacial score (nSPS) is 15.2. The first-order valence-corrected chi connectivity index (χ1v) is 12.0. The van der Waals surface area contributed by atoms with E-state index in [1.165, 1.54) is 16.4 Å². The zero-order valence-electron chi connectivity index (χ0n) is 18.1. The minimum atomic E-state index is -3.70. The molecule has 32 heavy (non-hydrogen) atoms. The van der Waals surface area contributed by atoms with Crippen LogP contribution in [0.2, 0.25) is 0 Å². The molecule has 2 N–H and O–H groups in total. The lowest BCUT2D eigenvalue weighted by Crippen LogP contribution is -2.40. The minimum Gasteiger partial charge on any atom is -0.489 e. The summed E-state index contributed by atoms with van der Waals surface area (Å²) in [5.74, 6) is 0.164. The van der Waals surface area contributed by atoms with Gasteiger partial charge >= 0.3 is 0 Å². The predicted molar refractivity (Wildman–Crippen MR) is 122 cm³/mol. The molecule has 1 aliphatic heterocycles. The van der Waals surface area contributed by atoms with Gasteiger partial charge in [0.1, 0.15) is 5.75 Å². The van der Waals surface area contributed by atoms with Gasteiger partial charge in [0.05, 0.1) is 36.3 Å². The third-order valence-electron chi connectivity index (χ3n) is 5.22. The van der Waals surface area contributed by atoms with Crippen LogP contribution in [0, 0.1) is 0 Å². The molecule has 1 amide bonds. The summed E-state index contributed by atoms with van der Waals surface area (Å²) in [6, 6.07) is 12.3.